The van der Waals surface area contributed by atoms with Gasteiger partial charge in [0.2, 0.25) is 0 Å². The van der Waals surface area contributed by atoms with Crippen molar-refractivity contribution in [3.8, 4) is 0 Å². The van der Waals surface area contributed by atoms with Crippen LogP contribution < -0.4 is 0 Å². The predicted octanol–water partition coefficient (Wildman–Crippen LogP) is 1.68. The van der Waals surface area contributed by atoms with Gasteiger partial charge in [-0.3, -0.25) is 0 Å². The molecule has 0 radical (unpaired) electrons. The van der Waals surface area contributed by atoms with E-state index in [1.807, 2.05) is 0 Å². The lowest BCUT2D eigenvalue weighted by molar-refractivity contribution is -0.0931. The molecular formula is C15H17F2N3O3S. The van der Waals surface area contributed by atoms with Crippen LogP contribution in [0, 0.1) is 11.6 Å². The number of ether oxygens (including phenoxy) is 1. The molecule has 1 aromatic heterocycles. The van der Waals surface area contributed by atoms with Crippen LogP contribution in [0.4, 0.5) is 8.78 Å². The molecule has 9 heteroatoms. The first-order valence-corrected chi connectivity index (χ1v) is 8.99. The van der Waals surface area contributed by atoms with E-state index in [2.05, 4.69) is 10.1 Å². The largest absolute Gasteiger partial charge is 0.366 e. The maximum absolute atomic E-state index is 14.5. The average molecular weight is 357 g/mol. The van der Waals surface area contributed by atoms with Gasteiger partial charge in [-0.1, -0.05) is 6.07 Å². The lowest BCUT2D eigenvalue weighted by Crippen LogP contribution is -2.61. The summed E-state index contributed by atoms with van der Waals surface area (Å²) in [7, 11) is -3.59. The second-order valence-electron chi connectivity index (χ2n) is 6.22. The third-order valence-electron chi connectivity index (χ3n) is 4.67. The lowest BCUT2D eigenvalue weighted by Gasteiger charge is -2.48. The summed E-state index contributed by atoms with van der Waals surface area (Å²) in [6.07, 6.45) is 2.68. The molecule has 2 aromatic rings. The first-order chi connectivity index (χ1) is 11.2. The summed E-state index contributed by atoms with van der Waals surface area (Å²) in [6.45, 7) is 2.82. The fourth-order valence-corrected chi connectivity index (χ4v) is 4.64. The summed E-state index contributed by atoms with van der Waals surface area (Å²) >= 11 is 0. The maximum Gasteiger partial charge on any atom is 0.160 e. The third-order valence-corrected chi connectivity index (χ3v) is 7.26. The molecule has 24 heavy (non-hydrogen) atoms. The molecule has 2 heterocycles. The fraction of sp³-hybridized carbons (Fsp3) is 0.467. The van der Waals surface area contributed by atoms with Crippen molar-refractivity contribution in [1.29, 1.82) is 0 Å². The van der Waals surface area contributed by atoms with Crippen LogP contribution >= 0.6 is 0 Å². The molecule has 1 aliphatic rings. The van der Waals surface area contributed by atoms with Gasteiger partial charge in [0.1, 0.15) is 34.6 Å². The molecule has 3 rings (SSSR count). The number of hydrogen-bond donors (Lipinski definition) is 0. The second kappa shape index (κ2) is 5.59. The van der Waals surface area contributed by atoms with Crippen LogP contribution in [0.15, 0.2) is 30.9 Å². The molecule has 1 aliphatic heterocycles. The molecule has 0 N–H and O–H groups in total. The molecule has 130 valence electrons. The third kappa shape index (κ3) is 2.42. The molecule has 0 bridgehead atoms. The first kappa shape index (κ1) is 17.0. The van der Waals surface area contributed by atoms with E-state index in [-0.39, 0.29) is 24.5 Å². The number of sulfone groups is 1. The molecule has 0 amide bonds. The van der Waals surface area contributed by atoms with Crippen molar-refractivity contribution in [3.63, 3.8) is 0 Å². The standard InChI is InChI=1S/C15H17F2N3O3S/c1-14(2)15(8-20-10-18-9-19-20,23-5-6-24(14,21)22)12-4-3-11(16)7-13(12)17/h3-4,7,9-10H,5-6,8H2,1-2H3/t15-/m1/s1. The van der Waals surface area contributed by atoms with Crippen LogP contribution in [-0.2, 0) is 26.7 Å². The number of nitrogens with zero attached hydrogens (tertiary/aromatic N) is 3. The van der Waals surface area contributed by atoms with Crippen LogP contribution in [0.2, 0.25) is 0 Å². The normalized spacial score (nSPS) is 25.5. The van der Waals surface area contributed by atoms with E-state index in [4.69, 9.17) is 4.74 Å². The van der Waals surface area contributed by atoms with Crippen LogP contribution in [0.3, 0.4) is 0 Å². The van der Waals surface area contributed by atoms with Crippen molar-refractivity contribution in [2.24, 2.45) is 0 Å². The zero-order valence-electron chi connectivity index (χ0n) is 13.2. The molecule has 1 fully saturated rings. The monoisotopic (exact) mass is 357 g/mol. The van der Waals surface area contributed by atoms with Crippen LogP contribution in [-0.4, -0.2) is 40.3 Å². The van der Waals surface area contributed by atoms with Crippen molar-refractivity contribution in [2.45, 2.75) is 30.7 Å². The zero-order chi connectivity index (χ0) is 17.6. The summed E-state index contributed by atoms with van der Waals surface area (Å²) in [5.74, 6) is -1.77. The molecular weight excluding hydrogens is 340 g/mol. The Bertz CT molecular complexity index is 853. The van der Waals surface area contributed by atoms with E-state index in [0.29, 0.717) is 0 Å². The number of rotatable bonds is 3. The highest BCUT2D eigenvalue weighted by molar-refractivity contribution is 7.92. The van der Waals surface area contributed by atoms with E-state index >= 15 is 0 Å². The minimum absolute atomic E-state index is 0.0207. The van der Waals surface area contributed by atoms with Gasteiger partial charge in [0.05, 0.1) is 18.9 Å². The van der Waals surface area contributed by atoms with Gasteiger partial charge in [-0.2, -0.15) is 5.10 Å². The van der Waals surface area contributed by atoms with Crippen molar-refractivity contribution in [1.82, 2.24) is 14.8 Å². The maximum atomic E-state index is 14.5. The Kier molecular flexibility index (Phi) is 3.95. The molecule has 0 unspecified atom stereocenters. The van der Waals surface area contributed by atoms with Gasteiger partial charge in [0.25, 0.3) is 0 Å². The van der Waals surface area contributed by atoms with E-state index in [1.165, 1.54) is 37.3 Å². The second-order valence-corrected chi connectivity index (χ2v) is 8.88. The molecule has 1 atom stereocenters. The van der Waals surface area contributed by atoms with Crippen LogP contribution in [0.1, 0.15) is 19.4 Å². The fourth-order valence-electron chi connectivity index (χ4n) is 3.09. The molecule has 0 saturated carbocycles. The highest BCUT2D eigenvalue weighted by Crippen LogP contribution is 2.47. The number of aromatic nitrogens is 3. The molecule has 1 saturated heterocycles. The van der Waals surface area contributed by atoms with Gasteiger partial charge in [-0.25, -0.2) is 26.9 Å². The van der Waals surface area contributed by atoms with Crippen molar-refractivity contribution in [2.75, 3.05) is 12.4 Å². The number of hydrogen-bond acceptors (Lipinski definition) is 5. The molecule has 0 aliphatic carbocycles. The Hall–Kier alpha value is -1.87. The van der Waals surface area contributed by atoms with Crippen molar-refractivity contribution in [3.05, 3.63) is 48.1 Å². The Balaban J connectivity index is 2.25. The van der Waals surface area contributed by atoms with Gasteiger partial charge >= 0.3 is 0 Å². The van der Waals surface area contributed by atoms with E-state index < -0.39 is 31.8 Å². The zero-order valence-corrected chi connectivity index (χ0v) is 14.1. The van der Waals surface area contributed by atoms with Crippen LogP contribution in [0.25, 0.3) is 0 Å². The van der Waals surface area contributed by atoms with E-state index in [1.54, 1.807) is 0 Å². The Morgan fingerprint density at radius 2 is 2.08 bits per heavy atom. The Labute approximate surface area is 138 Å². The summed E-state index contributed by atoms with van der Waals surface area (Å²) in [5, 5.41) is 3.98. The number of halogens is 2. The van der Waals surface area contributed by atoms with Gasteiger partial charge in [-0.05, 0) is 19.9 Å². The van der Waals surface area contributed by atoms with Crippen molar-refractivity contribution < 1.29 is 21.9 Å². The van der Waals surface area contributed by atoms with Crippen molar-refractivity contribution >= 4 is 9.84 Å². The topological polar surface area (TPSA) is 74.1 Å². The first-order valence-electron chi connectivity index (χ1n) is 7.34. The quantitative estimate of drug-likeness (QED) is 0.835. The highest BCUT2D eigenvalue weighted by Gasteiger charge is 2.59. The Morgan fingerprint density at radius 1 is 1.33 bits per heavy atom. The minimum Gasteiger partial charge on any atom is -0.366 e. The predicted molar refractivity (Wildman–Crippen MR) is 81.9 cm³/mol. The van der Waals surface area contributed by atoms with Crippen LogP contribution in [0.5, 0.6) is 0 Å². The SMILES string of the molecule is CC1(C)[C@@](Cn2cncn2)(c2ccc(F)cc2F)OCCS1(=O)=O. The lowest BCUT2D eigenvalue weighted by atomic mass is 9.81. The smallest absolute Gasteiger partial charge is 0.160 e. The molecule has 1 aromatic carbocycles. The summed E-state index contributed by atoms with van der Waals surface area (Å²) in [4.78, 5) is 3.83. The van der Waals surface area contributed by atoms with Gasteiger partial charge < -0.3 is 4.74 Å². The summed E-state index contributed by atoms with van der Waals surface area (Å²) in [6, 6.07) is 3.03. The van der Waals surface area contributed by atoms with E-state index in [0.717, 1.165) is 12.1 Å². The van der Waals surface area contributed by atoms with Gasteiger partial charge in [0.15, 0.2) is 9.84 Å². The number of benzene rings is 1. The average Bonchev–Trinajstić information content (AvgIpc) is 2.97. The summed E-state index contributed by atoms with van der Waals surface area (Å²) in [5.41, 5.74) is -1.58. The minimum atomic E-state index is -3.59. The highest BCUT2D eigenvalue weighted by atomic mass is 32.2. The Morgan fingerprint density at radius 3 is 2.71 bits per heavy atom. The van der Waals surface area contributed by atoms with Gasteiger partial charge in [-0.15, -0.1) is 0 Å². The summed E-state index contributed by atoms with van der Waals surface area (Å²) < 4.78 is 59.0. The molecule has 6 nitrogen and oxygen atoms in total. The van der Waals surface area contributed by atoms with E-state index in [9.17, 15) is 17.2 Å². The molecule has 0 spiro atoms. The van der Waals surface area contributed by atoms with Gasteiger partial charge in [0, 0.05) is 11.6 Å².